The Bertz CT molecular complexity index is 275. The molecule has 1 atom stereocenters. The second-order valence-electron chi connectivity index (χ2n) is 3.47. The molecule has 1 rings (SSSR count). The van der Waals surface area contributed by atoms with Crippen LogP contribution in [0.1, 0.15) is 5.56 Å². The van der Waals surface area contributed by atoms with Crippen LogP contribution in [0.2, 0.25) is 0 Å². The van der Waals surface area contributed by atoms with Crippen molar-refractivity contribution in [2.45, 2.75) is 12.6 Å². The molecule has 1 heterocycles. The van der Waals surface area contributed by atoms with Crippen molar-refractivity contribution in [3.8, 4) is 0 Å². The number of ether oxygens (including phenoxy) is 2. The van der Waals surface area contributed by atoms with Crippen LogP contribution in [0.25, 0.3) is 0 Å². The molecule has 1 aromatic rings. The summed E-state index contributed by atoms with van der Waals surface area (Å²) in [7, 11) is 5.27. The van der Waals surface area contributed by atoms with E-state index in [1.54, 1.807) is 18.9 Å². The van der Waals surface area contributed by atoms with Crippen LogP contribution in [0.5, 0.6) is 0 Å². The Morgan fingerprint density at radius 2 is 2.33 bits per heavy atom. The topological polar surface area (TPSA) is 48.3 Å². The van der Waals surface area contributed by atoms with Crippen molar-refractivity contribution >= 4 is 0 Å². The molecule has 0 radical (unpaired) electrons. The summed E-state index contributed by atoms with van der Waals surface area (Å²) in [5.41, 5.74) is 1.17. The highest BCUT2D eigenvalue weighted by Crippen LogP contribution is 1.96. The molecule has 0 saturated carbocycles. The van der Waals surface area contributed by atoms with Gasteiger partial charge in [-0.3, -0.25) is 4.68 Å². The maximum absolute atomic E-state index is 5.23. The lowest BCUT2D eigenvalue weighted by Crippen LogP contribution is -2.31. The minimum Gasteiger partial charge on any atom is -0.382 e. The molecule has 0 amide bonds. The van der Waals surface area contributed by atoms with Crippen LogP contribution >= 0.6 is 0 Å². The Labute approximate surface area is 90.4 Å². The molecule has 5 heteroatoms. The first-order chi connectivity index (χ1) is 7.26. The average molecular weight is 213 g/mol. The Kier molecular flexibility index (Phi) is 5.31. The maximum atomic E-state index is 5.23. The van der Waals surface area contributed by atoms with Gasteiger partial charge in [0, 0.05) is 46.1 Å². The van der Waals surface area contributed by atoms with E-state index in [-0.39, 0.29) is 6.10 Å². The van der Waals surface area contributed by atoms with Gasteiger partial charge in [-0.2, -0.15) is 5.10 Å². The van der Waals surface area contributed by atoms with Crippen LogP contribution in [-0.2, 0) is 23.1 Å². The third-order valence-electron chi connectivity index (χ3n) is 2.15. The highest BCUT2D eigenvalue weighted by molar-refractivity contribution is 5.02. The fourth-order valence-corrected chi connectivity index (χ4v) is 1.34. The van der Waals surface area contributed by atoms with Gasteiger partial charge >= 0.3 is 0 Å². The zero-order chi connectivity index (χ0) is 11.1. The van der Waals surface area contributed by atoms with Gasteiger partial charge in [0.05, 0.1) is 18.9 Å². The van der Waals surface area contributed by atoms with E-state index in [2.05, 4.69) is 10.4 Å². The highest BCUT2D eigenvalue weighted by atomic mass is 16.5. The summed E-state index contributed by atoms with van der Waals surface area (Å²) < 4.78 is 12.0. The molecule has 5 nitrogen and oxygen atoms in total. The molecule has 86 valence electrons. The van der Waals surface area contributed by atoms with Crippen LogP contribution in [-0.4, -0.2) is 43.3 Å². The lowest BCUT2D eigenvalue weighted by molar-refractivity contribution is 0.0288. The average Bonchev–Trinajstić information content (AvgIpc) is 2.63. The third kappa shape index (κ3) is 4.42. The molecular weight excluding hydrogens is 194 g/mol. The van der Waals surface area contributed by atoms with Crippen molar-refractivity contribution in [2.75, 3.05) is 27.4 Å². The van der Waals surface area contributed by atoms with Crippen LogP contribution in [0.4, 0.5) is 0 Å². The Hall–Kier alpha value is -0.910. The second kappa shape index (κ2) is 6.55. The lowest BCUT2D eigenvalue weighted by atomic mass is 10.3. The summed E-state index contributed by atoms with van der Waals surface area (Å²) in [6, 6.07) is 0. The number of hydrogen-bond donors (Lipinski definition) is 1. The molecule has 0 aliphatic heterocycles. The van der Waals surface area contributed by atoms with Crippen molar-refractivity contribution in [3.05, 3.63) is 18.0 Å². The van der Waals surface area contributed by atoms with E-state index in [0.717, 1.165) is 13.1 Å². The van der Waals surface area contributed by atoms with Crippen LogP contribution in [0.3, 0.4) is 0 Å². The van der Waals surface area contributed by atoms with Crippen molar-refractivity contribution in [1.29, 1.82) is 0 Å². The van der Waals surface area contributed by atoms with E-state index in [9.17, 15) is 0 Å². The Morgan fingerprint density at radius 1 is 1.53 bits per heavy atom. The first kappa shape index (κ1) is 12.2. The predicted octanol–water partition coefficient (Wildman–Crippen LogP) is 0.171. The first-order valence-electron chi connectivity index (χ1n) is 4.96. The molecule has 0 saturated heterocycles. The highest BCUT2D eigenvalue weighted by Gasteiger charge is 2.05. The molecule has 1 N–H and O–H groups in total. The van der Waals surface area contributed by atoms with Crippen molar-refractivity contribution in [2.24, 2.45) is 7.05 Å². The largest absolute Gasteiger partial charge is 0.382 e. The van der Waals surface area contributed by atoms with Gasteiger partial charge < -0.3 is 14.8 Å². The molecule has 0 spiro atoms. The molecule has 0 bridgehead atoms. The molecule has 1 aromatic heterocycles. The van der Waals surface area contributed by atoms with E-state index in [4.69, 9.17) is 9.47 Å². The van der Waals surface area contributed by atoms with E-state index < -0.39 is 0 Å². The van der Waals surface area contributed by atoms with Gasteiger partial charge in [-0.15, -0.1) is 0 Å². The fraction of sp³-hybridized carbons (Fsp3) is 0.700. The van der Waals surface area contributed by atoms with Crippen molar-refractivity contribution in [1.82, 2.24) is 15.1 Å². The van der Waals surface area contributed by atoms with Crippen molar-refractivity contribution in [3.63, 3.8) is 0 Å². The minimum absolute atomic E-state index is 0.103. The van der Waals surface area contributed by atoms with Crippen LogP contribution in [0, 0.1) is 0 Å². The summed E-state index contributed by atoms with van der Waals surface area (Å²) in [4.78, 5) is 0. The Balaban J connectivity index is 2.20. The molecule has 0 aliphatic rings. The number of nitrogens with zero attached hydrogens (tertiary/aromatic N) is 2. The van der Waals surface area contributed by atoms with E-state index in [1.807, 2.05) is 19.4 Å². The van der Waals surface area contributed by atoms with Gasteiger partial charge in [0.15, 0.2) is 0 Å². The SMILES string of the molecule is COCC(CNCc1cnn(C)c1)OC. The number of nitrogens with one attached hydrogen (secondary N) is 1. The van der Waals surface area contributed by atoms with Crippen molar-refractivity contribution < 1.29 is 9.47 Å². The summed E-state index contributed by atoms with van der Waals surface area (Å²) in [6.07, 6.45) is 3.95. The maximum Gasteiger partial charge on any atom is 0.0928 e. The van der Waals surface area contributed by atoms with E-state index in [0.29, 0.717) is 6.61 Å². The second-order valence-corrected chi connectivity index (χ2v) is 3.47. The number of methoxy groups -OCH3 is 2. The third-order valence-corrected chi connectivity index (χ3v) is 2.15. The van der Waals surface area contributed by atoms with Gasteiger partial charge in [0.25, 0.3) is 0 Å². The van der Waals surface area contributed by atoms with Gasteiger partial charge in [-0.05, 0) is 0 Å². The fourth-order valence-electron chi connectivity index (χ4n) is 1.34. The van der Waals surface area contributed by atoms with E-state index >= 15 is 0 Å². The molecule has 15 heavy (non-hydrogen) atoms. The van der Waals surface area contributed by atoms with Crippen LogP contribution in [0.15, 0.2) is 12.4 Å². The lowest BCUT2D eigenvalue weighted by Gasteiger charge is -2.14. The first-order valence-corrected chi connectivity index (χ1v) is 4.96. The number of aryl methyl sites for hydroxylation is 1. The molecule has 0 fully saturated rings. The normalized spacial score (nSPS) is 13.0. The molecule has 0 aromatic carbocycles. The number of rotatable bonds is 7. The molecule has 0 aliphatic carbocycles. The quantitative estimate of drug-likeness (QED) is 0.701. The zero-order valence-electron chi connectivity index (χ0n) is 9.56. The van der Waals surface area contributed by atoms with Gasteiger partial charge in [0.1, 0.15) is 0 Å². The van der Waals surface area contributed by atoms with E-state index in [1.165, 1.54) is 5.56 Å². The minimum atomic E-state index is 0.103. The standard InChI is InChI=1S/C10H19N3O2/c1-13-7-9(5-12-13)4-11-6-10(15-3)8-14-2/h5,7,10-11H,4,6,8H2,1-3H3. The summed E-state index contributed by atoms with van der Waals surface area (Å²) in [5, 5.41) is 7.38. The number of aromatic nitrogens is 2. The Morgan fingerprint density at radius 3 is 2.87 bits per heavy atom. The zero-order valence-corrected chi connectivity index (χ0v) is 9.56. The van der Waals surface area contributed by atoms with Crippen LogP contribution < -0.4 is 5.32 Å². The summed E-state index contributed by atoms with van der Waals surface area (Å²) in [6.45, 7) is 2.19. The monoisotopic (exact) mass is 213 g/mol. The molecular formula is C10H19N3O2. The summed E-state index contributed by atoms with van der Waals surface area (Å²) in [5.74, 6) is 0. The van der Waals surface area contributed by atoms with Gasteiger partial charge in [-0.25, -0.2) is 0 Å². The predicted molar refractivity (Wildman–Crippen MR) is 57.6 cm³/mol. The molecule has 1 unspecified atom stereocenters. The smallest absolute Gasteiger partial charge is 0.0928 e. The summed E-state index contributed by atoms with van der Waals surface area (Å²) >= 11 is 0. The van der Waals surface area contributed by atoms with Gasteiger partial charge in [-0.1, -0.05) is 0 Å². The van der Waals surface area contributed by atoms with Gasteiger partial charge in [0.2, 0.25) is 0 Å². The number of hydrogen-bond acceptors (Lipinski definition) is 4.